The highest BCUT2D eigenvalue weighted by Crippen LogP contribution is 2.45. The van der Waals surface area contributed by atoms with Gasteiger partial charge < -0.3 is 15.0 Å². The number of guanidine groups is 1. The Kier molecular flexibility index (Phi) is 8.07. The predicted octanol–water partition coefficient (Wildman–Crippen LogP) is 2.56. The van der Waals surface area contributed by atoms with Crippen LogP contribution in [-0.4, -0.2) is 74.3 Å². The molecule has 0 bridgehead atoms. The molecular formula is C18H35IN4O. The van der Waals surface area contributed by atoms with Gasteiger partial charge in [0.05, 0.1) is 19.8 Å². The van der Waals surface area contributed by atoms with Crippen LogP contribution < -0.4 is 5.32 Å². The average molecular weight is 450 g/mol. The maximum atomic E-state index is 5.45. The summed E-state index contributed by atoms with van der Waals surface area (Å²) in [5, 5.41) is 3.52. The first-order valence-electron chi connectivity index (χ1n) is 9.57. The molecule has 1 atom stereocenters. The van der Waals surface area contributed by atoms with E-state index in [0.29, 0.717) is 11.5 Å². The molecule has 1 saturated carbocycles. The second-order valence-electron chi connectivity index (χ2n) is 7.57. The second-order valence-corrected chi connectivity index (χ2v) is 7.57. The molecule has 1 spiro atoms. The first-order chi connectivity index (χ1) is 11.2. The van der Waals surface area contributed by atoms with E-state index in [0.717, 1.165) is 45.4 Å². The zero-order valence-electron chi connectivity index (χ0n) is 15.4. The molecule has 140 valence electrons. The Balaban J connectivity index is 0.00000208. The minimum atomic E-state index is 0. The molecule has 0 radical (unpaired) electrons. The molecule has 24 heavy (non-hydrogen) atoms. The molecule has 3 rings (SSSR count). The van der Waals surface area contributed by atoms with Gasteiger partial charge in [-0.05, 0) is 38.5 Å². The van der Waals surface area contributed by atoms with Crippen molar-refractivity contribution in [2.24, 2.45) is 10.4 Å². The second kappa shape index (κ2) is 9.57. The molecular weight excluding hydrogens is 415 g/mol. The van der Waals surface area contributed by atoms with Crippen LogP contribution in [-0.2, 0) is 4.74 Å². The number of rotatable bonds is 4. The number of aliphatic imine (C=N–C) groups is 1. The molecule has 2 aliphatic heterocycles. The minimum absolute atomic E-state index is 0. The quantitative estimate of drug-likeness (QED) is 0.406. The number of halogens is 1. The number of hydrogen-bond donors (Lipinski definition) is 1. The highest BCUT2D eigenvalue weighted by molar-refractivity contribution is 14.0. The van der Waals surface area contributed by atoms with E-state index in [2.05, 4.69) is 29.0 Å². The monoisotopic (exact) mass is 450 g/mol. The van der Waals surface area contributed by atoms with Crippen molar-refractivity contribution in [2.45, 2.75) is 52.0 Å². The fraction of sp³-hybridized carbons (Fsp3) is 0.944. The largest absolute Gasteiger partial charge is 0.379 e. The van der Waals surface area contributed by atoms with Gasteiger partial charge in [-0.2, -0.15) is 0 Å². The third-order valence-corrected chi connectivity index (χ3v) is 5.91. The summed E-state index contributed by atoms with van der Waals surface area (Å²) in [6.45, 7) is 12.5. The summed E-state index contributed by atoms with van der Waals surface area (Å²) in [6, 6.07) is 0.496. The summed E-state index contributed by atoms with van der Waals surface area (Å²) in [6.07, 6.45) is 7.06. The molecule has 3 fully saturated rings. The summed E-state index contributed by atoms with van der Waals surface area (Å²) in [5.74, 6) is 1.14. The molecule has 3 aliphatic rings. The first-order valence-corrected chi connectivity index (χ1v) is 9.57. The van der Waals surface area contributed by atoms with Gasteiger partial charge in [0.1, 0.15) is 0 Å². The summed E-state index contributed by atoms with van der Waals surface area (Å²) in [5.41, 5.74) is 0.603. The summed E-state index contributed by atoms with van der Waals surface area (Å²) in [4.78, 5) is 9.99. The van der Waals surface area contributed by atoms with Gasteiger partial charge in [0.2, 0.25) is 0 Å². The van der Waals surface area contributed by atoms with Gasteiger partial charge in [0, 0.05) is 38.8 Å². The smallest absolute Gasteiger partial charge is 0.193 e. The molecule has 2 heterocycles. The third-order valence-electron chi connectivity index (χ3n) is 5.91. The molecule has 0 amide bonds. The maximum absolute atomic E-state index is 5.45. The summed E-state index contributed by atoms with van der Waals surface area (Å²) in [7, 11) is 0. The Labute approximate surface area is 164 Å². The summed E-state index contributed by atoms with van der Waals surface area (Å²) >= 11 is 0. The van der Waals surface area contributed by atoms with Crippen LogP contribution in [0.1, 0.15) is 46.0 Å². The van der Waals surface area contributed by atoms with E-state index >= 15 is 0 Å². The van der Waals surface area contributed by atoms with E-state index in [9.17, 15) is 0 Å². The van der Waals surface area contributed by atoms with Crippen molar-refractivity contribution in [1.29, 1.82) is 0 Å². The molecule has 2 saturated heterocycles. The van der Waals surface area contributed by atoms with Gasteiger partial charge in [0.15, 0.2) is 5.96 Å². The van der Waals surface area contributed by atoms with Gasteiger partial charge in [-0.3, -0.25) is 9.89 Å². The van der Waals surface area contributed by atoms with Crippen molar-refractivity contribution in [2.75, 3.05) is 52.5 Å². The lowest BCUT2D eigenvalue weighted by atomic mass is 9.86. The van der Waals surface area contributed by atoms with Crippen molar-refractivity contribution >= 4 is 29.9 Å². The molecule has 0 aromatic carbocycles. The number of hydrogen-bond acceptors (Lipinski definition) is 3. The molecule has 0 aromatic heterocycles. The number of morpholine rings is 1. The lowest BCUT2D eigenvalue weighted by molar-refractivity contribution is 0.0220. The highest BCUT2D eigenvalue weighted by Gasteiger charge is 2.41. The van der Waals surface area contributed by atoms with Crippen LogP contribution in [0, 0.1) is 5.41 Å². The maximum Gasteiger partial charge on any atom is 0.193 e. The van der Waals surface area contributed by atoms with Gasteiger partial charge in [0.25, 0.3) is 0 Å². The van der Waals surface area contributed by atoms with Crippen LogP contribution in [0.25, 0.3) is 0 Å². The first kappa shape index (κ1) is 20.2. The van der Waals surface area contributed by atoms with Crippen LogP contribution in [0.4, 0.5) is 0 Å². The molecule has 6 heteroatoms. The summed E-state index contributed by atoms with van der Waals surface area (Å²) < 4.78 is 5.45. The zero-order chi connectivity index (χ0) is 16.1. The lowest BCUT2D eigenvalue weighted by Gasteiger charge is -2.32. The zero-order valence-corrected chi connectivity index (χ0v) is 17.8. The number of nitrogens with zero attached hydrogens (tertiary/aromatic N) is 3. The number of nitrogens with one attached hydrogen (secondary N) is 1. The molecule has 0 aromatic rings. The Hall–Kier alpha value is -0.0800. The van der Waals surface area contributed by atoms with Crippen molar-refractivity contribution in [1.82, 2.24) is 15.1 Å². The van der Waals surface area contributed by atoms with E-state index in [1.807, 2.05) is 0 Å². The fourth-order valence-corrected chi connectivity index (χ4v) is 4.43. The standard InChI is InChI=1S/C18H34N4O.HI/c1-3-19-17(20-14-16(2)21-10-12-23-13-11-21)22-9-8-18(15-22)6-4-5-7-18;/h16H,3-15H2,1-2H3,(H,19,20);1H. The van der Waals surface area contributed by atoms with E-state index < -0.39 is 0 Å². The van der Waals surface area contributed by atoms with Crippen molar-refractivity contribution in [3.05, 3.63) is 0 Å². The van der Waals surface area contributed by atoms with Gasteiger partial charge in [-0.15, -0.1) is 24.0 Å². The predicted molar refractivity (Wildman–Crippen MR) is 110 cm³/mol. The van der Waals surface area contributed by atoms with Crippen molar-refractivity contribution in [3.63, 3.8) is 0 Å². The average Bonchev–Trinajstić information content (AvgIpc) is 3.22. The Morgan fingerprint density at radius 3 is 2.54 bits per heavy atom. The van der Waals surface area contributed by atoms with E-state index in [-0.39, 0.29) is 24.0 Å². The molecule has 5 nitrogen and oxygen atoms in total. The Morgan fingerprint density at radius 1 is 1.17 bits per heavy atom. The lowest BCUT2D eigenvalue weighted by Crippen LogP contribution is -2.45. The SMILES string of the molecule is CCNC(=NCC(C)N1CCOCC1)N1CCC2(CCCC2)C1.I. The molecule has 1 unspecified atom stereocenters. The van der Waals surface area contributed by atoms with Crippen LogP contribution in [0.15, 0.2) is 4.99 Å². The normalized spacial score (nSPS) is 25.8. The van der Waals surface area contributed by atoms with Crippen molar-refractivity contribution < 1.29 is 4.74 Å². The minimum Gasteiger partial charge on any atom is -0.379 e. The van der Waals surface area contributed by atoms with Crippen LogP contribution >= 0.6 is 24.0 Å². The highest BCUT2D eigenvalue weighted by atomic mass is 127. The fourth-order valence-electron chi connectivity index (χ4n) is 4.43. The van der Waals surface area contributed by atoms with Gasteiger partial charge in [-0.25, -0.2) is 0 Å². The number of likely N-dealkylation sites (tertiary alicyclic amines) is 1. The Morgan fingerprint density at radius 2 is 1.88 bits per heavy atom. The third kappa shape index (κ3) is 4.97. The van der Waals surface area contributed by atoms with Crippen LogP contribution in [0.3, 0.4) is 0 Å². The Bertz CT molecular complexity index is 406. The van der Waals surface area contributed by atoms with E-state index in [4.69, 9.17) is 9.73 Å². The van der Waals surface area contributed by atoms with Crippen LogP contribution in [0.2, 0.25) is 0 Å². The number of ether oxygens (including phenoxy) is 1. The van der Waals surface area contributed by atoms with Gasteiger partial charge >= 0.3 is 0 Å². The topological polar surface area (TPSA) is 40.1 Å². The van der Waals surface area contributed by atoms with Crippen LogP contribution in [0.5, 0.6) is 0 Å². The van der Waals surface area contributed by atoms with Gasteiger partial charge in [-0.1, -0.05) is 12.8 Å². The van der Waals surface area contributed by atoms with Crippen molar-refractivity contribution in [3.8, 4) is 0 Å². The van der Waals surface area contributed by atoms with E-state index in [1.54, 1.807) is 0 Å². The molecule has 1 N–H and O–H groups in total. The molecule has 1 aliphatic carbocycles. The van der Waals surface area contributed by atoms with E-state index in [1.165, 1.54) is 45.2 Å².